The van der Waals surface area contributed by atoms with Crippen molar-refractivity contribution < 1.29 is 18.7 Å². The summed E-state index contributed by atoms with van der Waals surface area (Å²) in [6.45, 7) is 4.67. The largest absolute Gasteiger partial charge is 0.474 e. The number of aromatic nitrogens is 1. The molecule has 142 valence electrons. The van der Waals surface area contributed by atoms with Crippen molar-refractivity contribution in [3.8, 4) is 5.88 Å². The number of nitrogens with one attached hydrogen (secondary N) is 1. The minimum Gasteiger partial charge on any atom is -0.474 e. The fourth-order valence-corrected chi connectivity index (χ4v) is 3.32. The van der Waals surface area contributed by atoms with Crippen LogP contribution in [0.15, 0.2) is 30.3 Å². The lowest BCUT2D eigenvalue weighted by atomic mass is 10.0. The smallest absolute Gasteiger partial charge is 0.273 e. The number of benzene rings is 1. The first kappa shape index (κ1) is 17.7. The number of carbonyl (C=O) groups is 1. The third-order valence-electron chi connectivity index (χ3n) is 4.75. The molecule has 6 nitrogen and oxygen atoms in total. The number of anilines is 1. The van der Waals surface area contributed by atoms with Gasteiger partial charge in [0.25, 0.3) is 5.91 Å². The van der Waals surface area contributed by atoms with Gasteiger partial charge >= 0.3 is 0 Å². The molecule has 2 aromatic rings. The molecule has 0 aliphatic carbocycles. The summed E-state index contributed by atoms with van der Waals surface area (Å²) in [4.78, 5) is 19.4. The minimum atomic E-state index is -0.282. The van der Waals surface area contributed by atoms with E-state index >= 15 is 0 Å². The van der Waals surface area contributed by atoms with Crippen molar-refractivity contribution in [2.24, 2.45) is 0 Å². The maximum atomic E-state index is 13.2. The lowest BCUT2D eigenvalue weighted by Gasteiger charge is -2.29. The van der Waals surface area contributed by atoms with E-state index in [0.717, 1.165) is 16.8 Å². The third-order valence-corrected chi connectivity index (χ3v) is 4.75. The van der Waals surface area contributed by atoms with E-state index in [-0.39, 0.29) is 17.8 Å². The number of hydrogen-bond donors (Lipinski definition) is 1. The first-order valence-corrected chi connectivity index (χ1v) is 9.15. The molecule has 7 heteroatoms. The molecule has 1 aromatic heterocycles. The number of pyridine rings is 1. The number of nitrogens with zero attached hydrogens (tertiary/aromatic N) is 2. The highest BCUT2D eigenvalue weighted by Crippen LogP contribution is 2.31. The molecule has 3 heterocycles. The van der Waals surface area contributed by atoms with E-state index in [9.17, 15) is 9.18 Å². The fraction of sp³-hybridized carbons (Fsp3) is 0.400. The predicted octanol–water partition coefficient (Wildman–Crippen LogP) is 2.48. The van der Waals surface area contributed by atoms with Crippen molar-refractivity contribution in [3.63, 3.8) is 0 Å². The highest BCUT2D eigenvalue weighted by molar-refractivity contribution is 5.94. The van der Waals surface area contributed by atoms with Gasteiger partial charge in [0, 0.05) is 13.1 Å². The maximum Gasteiger partial charge on any atom is 0.273 e. The SMILES string of the molecule is C[C@H]1COc2nc(C(=O)N3CCOCC3)c(Cc3ccc(F)cc3)cc2N1. The number of hydrogen-bond acceptors (Lipinski definition) is 5. The Kier molecular flexibility index (Phi) is 4.94. The Balaban J connectivity index is 1.70. The molecule has 2 aliphatic heterocycles. The monoisotopic (exact) mass is 371 g/mol. The van der Waals surface area contributed by atoms with Gasteiger partial charge in [-0.05, 0) is 42.7 Å². The van der Waals surface area contributed by atoms with E-state index in [0.29, 0.717) is 50.9 Å². The Bertz CT molecular complexity index is 835. The summed E-state index contributed by atoms with van der Waals surface area (Å²) < 4.78 is 24.3. The fourth-order valence-electron chi connectivity index (χ4n) is 3.32. The molecule has 0 saturated carbocycles. The summed E-state index contributed by atoms with van der Waals surface area (Å²) in [6, 6.07) is 8.39. The first-order valence-electron chi connectivity index (χ1n) is 9.15. The van der Waals surface area contributed by atoms with Crippen molar-refractivity contribution in [2.75, 3.05) is 38.2 Å². The van der Waals surface area contributed by atoms with Crippen LogP contribution >= 0.6 is 0 Å². The normalized spacial score (nSPS) is 19.0. The summed E-state index contributed by atoms with van der Waals surface area (Å²) in [7, 11) is 0. The Labute approximate surface area is 157 Å². The van der Waals surface area contributed by atoms with Gasteiger partial charge < -0.3 is 19.7 Å². The van der Waals surface area contributed by atoms with E-state index in [4.69, 9.17) is 9.47 Å². The average Bonchev–Trinajstić information content (AvgIpc) is 2.69. The zero-order valence-corrected chi connectivity index (χ0v) is 15.2. The van der Waals surface area contributed by atoms with Crippen molar-refractivity contribution in [3.05, 3.63) is 53.0 Å². The lowest BCUT2D eigenvalue weighted by Crippen LogP contribution is -2.41. The second-order valence-electron chi connectivity index (χ2n) is 6.91. The molecular formula is C20H22FN3O3. The number of rotatable bonds is 3. The molecule has 0 unspecified atom stereocenters. The number of halogens is 1. The van der Waals surface area contributed by atoms with Gasteiger partial charge in [-0.3, -0.25) is 4.79 Å². The van der Waals surface area contributed by atoms with Gasteiger partial charge in [0.05, 0.1) is 24.9 Å². The van der Waals surface area contributed by atoms with Crippen molar-refractivity contribution >= 4 is 11.6 Å². The van der Waals surface area contributed by atoms with Crippen LogP contribution < -0.4 is 10.1 Å². The Morgan fingerprint density at radius 1 is 1.30 bits per heavy atom. The van der Waals surface area contributed by atoms with Gasteiger partial charge in [0.1, 0.15) is 18.1 Å². The molecular weight excluding hydrogens is 349 g/mol. The summed E-state index contributed by atoms with van der Waals surface area (Å²) in [5, 5.41) is 3.35. The van der Waals surface area contributed by atoms with Crippen LogP contribution in [0.4, 0.5) is 10.1 Å². The molecule has 1 N–H and O–H groups in total. The molecule has 0 spiro atoms. The summed E-state index contributed by atoms with van der Waals surface area (Å²) in [5.74, 6) is 0.0452. The molecule has 27 heavy (non-hydrogen) atoms. The molecule has 1 amide bonds. The zero-order valence-electron chi connectivity index (χ0n) is 15.2. The van der Waals surface area contributed by atoms with Crippen molar-refractivity contribution in [1.82, 2.24) is 9.88 Å². The van der Waals surface area contributed by atoms with E-state index in [1.54, 1.807) is 17.0 Å². The van der Waals surface area contributed by atoms with Crippen LogP contribution in [0.25, 0.3) is 0 Å². The molecule has 1 fully saturated rings. The number of amides is 1. The number of carbonyl (C=O) groups excluding carboxylic acids is 1. The van der Waals surface area contributed by atoms with Crippen LogP contribution in [0.2, 0.25) is 0 Å². The summed E-state index contributed by atoms with van der Waals surface area (Å²) in [5.41, 5.74) is 2.88. The highest BCUT2D eigenvalue weighted by Gasteiger charge is 2.26. The standard InChI is InChI=1S/C20H22FN3O3/c1-13-12-27-19-17(22-13)11-15(10-14-2-4-16(21)5-3-14)18(23-19)20(25)24-6-8-26-9-7-24/h2-5,11,13,22H,6-10,12H2,1H3/t13-/m0/s1. The van der Waals surface area contributed by atoms with E-state index in [2.05, 4.69) is 10.3 Å². The highest BCUT2D eigenvalue weighted by atomic mass is 19.1. The topological polar surface area (TPSA) is 63.7 Å². The number of morpholine rings is 1. The van der Waals surface area contributed by atoms with Crippen molar-refractivity contribution in [1.29, 1.82) is 0 Å². The van der Waals surface area contributed by atoms with Crippen LogP contribution in [-0.2, 0) is 11.2 Å². The van der Waals surface area contributed by atoms with Gasteiger partial charge in [-0.15, -0.1) is 0 Å². The van der Waals surface area contributed by atoms with Crippen LogP contribution in [0.3, 0.4) is 0 Å². The quantitative estimate of drug-likeness (QED) is 0.898. The Morgan fingerprint density at radius 3 is 2.78 bits per heavy atom. The zero-order chi connectivity index (χ0) is 18.8. The van der Waals surface area contributed by atoms with Gasteiger partial charge in [0.15, 0.2) is 0 Å². The summed E-state index contributed by atoms with van der Waals surface area (Å²) in [6.07, 6.45) is 0.488. The van der Waals surface area contributed by atoms with E-state index in [1.165, 1.54) is 12.1 Å². The van der Waals surface area contributed by atoms with E-state index < -0.39 is 0 Å². The second kappa shape index (κ2) is 7.52. The summed E-state index contributed by atoms with van der Waals surface area (Å²) >= 11 is 0. The molecule has 0 bridgehead atoms. The molecule has 1 saturated heterocycles. The Morgan fingerprint density at radius 2 is 2.04 bits per heavy atom. The minimum absolute atomic E-state index is 0.125. The number of ether oxygens (including phenoxy) is 2. The van der Waals surface area contributed by atoms with Gasteiger partial charge in [0.2, 0.25) is 5.88 Å². The average molecular weight is 371 g/mol. The Hall–Kier alpha value is -2.67. The van der Waals surface area contributed by atoms with Gasteiger partial charge in [-0.25, -0.2) is 9.37 Å². The molecule has 0 radical (unpaired) electrons. The third kappa shape index (κ3) is 3.88. The maximum absolute atomic E-state index is 13.2. The first-order chi connectivity index (χ1) is 13.1. The van der Waals surface area contributed by atoms with Crippen LogP contribution in [0, 0.1) is 5.82 Å². The van der Waals surface area contributed by atoms with Crippen LogP contribution in [0.5, 0.6) is 5.88 Å². The van der Waals surface area contributed by atoms with Crippen molar-refractivity contribution in [2.45, 2.75) is 19.4 Å². The molecule has 1 atom stereocenters. The van der Waals surface area contributed by atoms with Gasteiger partial charge in [-0.1, -0.05) is 12.1 Å². The predicted molar refractivity (Wildman–Crippen MR) is 98.7 cm³/mol. The van der Waals surface area contributed by atoms with Crippen LogP contribution in [0.1, 0.15) is 28.5 Å². The molecule has 4 rings (SSSR count). The van der Waals surface area contributed by atoms with E-state index in [1.807, 2.05) is 13.0 Å². The van der Waals surface area contributed by atoms with Crippen LogP contribution in [-0.4, -0.2) is 54.7 Å². The molecule has 2 aliphatic rings. The lowest BCUT2D eigenvalue weighted by molar-refractivity contribution is 0.0297. The van der Waals surface area contributed by atoms with Gasteiger partial charge in [-0.2, -0.15) is 0 Å². The number of fused-ring (bicyclic) bond motifs is 1. The molecule has 1 aromatic carbocycles. The second-order valence-corrected chi connectivity index (χ2v) is 6.91.